The van der Waals surface area contributed by atoms with Gasteiger partial charge in [0.25, 0.3) is 0 Å². The van der Waals surface area contributed by atoms with E-state index in [1.807, 2.05) is 4.90 Å². The number of nitrogens with zero attached hydrogens (tertiary/aromatic N) is 2. The van der Waals surface area contributed by atoms with Crippen LogP contribution >= 0.6 is 11.3 Å². The van der Waals surface area contributed by atoms with E-state index in [4.69, 9.17) is 5.14 Å². The second-order valence-electron chi connectivity index (χ2n) is 4.50. The highest BCUT2D eigenvalue weighted by Gasteiger charge is 2.29. The highest BCUT2D eigenvalue weighted by molar-refractivity contribution is 7.91. The molecule has 10 heteroatoms. The number of thiophene rings is 1. The SMILES string of the molecule is C[NH+]1CCN(c2sc(S(N)(=O)=O)cc2[N+](=O)[O-])CC1. The number of quaternary nitrogens is 1. The lowest BCUT2D eigenvalue weighted by Gasteiger charge is -2.30. The first-order valence-electron chi connectivity index (χ1n) is 5.66. The van der Waals surface area contributed by atoms with E-state index in [9.17, 15) is 18.5 Å². The number of rotatable bonds is 3. The number of primary sulfonamides is 1. The molecule has 0 spiro atoms. The monoisotopic (exact) mass is 307 g/mol. The van der Waals surface area contributed by atoms with Crippen molar-refractivity contribution < 1.29 is 18.2 Å². The molecule has 0 radical (unpaired) electrons. The molecule has 0 bridgehead atoms. The first kappa shape index (κ1) is 14.2. The van der Waals surface area contributed by atoms with Crippen LogP contribution in [0.15, 0.2) is 10.3 Å². The van der Waals surface area contributed by atoms with Gasteiger partial charge in [0, 0.05) is 6.07 Å². The fourth-order valence-electron chi connectivity index (χ4n) is 1.94. The molecule has 1 aliphatic rings. The topological polar surface area (TPSA) is 111 Å². The van der Waals surface area contributed by atoms with Gasteiger partial charge in [-0.05, 0) is 0 Å². The number of nitrogens with two attached hydrogens (primary N) is 1. The minimum atomic E-state index is -3.91. The third-order valence-electron chi connectivity index (χ3n) is 3.05. The molecule has 2 rings (SSSR count). The van der Waals surface area contributed by atoms with E-state index in [-0.39, 0.29) is 9.90 Å². The number of sulfonamides is 1. The normalized spacial score (nSPS) is 17.7. The molecule has 0 saturated carbocycles. The summed E-state index contributed by atoms with van der Waals surface area (Å²) in [6.07, 6.45) is 0. The fourth-order valence-corrected chi connectivity index (χ4v) is 3.83. The molecular weight excluding hydrogens is 292 g/mol. The van der Waals surface area contributed by atoms with Gasteiger partial charge in [0.1, 0.15) is 4.21 Å². The summed E-state index contributed by atoms with van der Waals surface area (Å²) >= 11 is 0.865. The molecule has 1 aromatic rings. The molecule has 106 valence electrons. The summed E-state index contributed by atoms with van der Waals surface area (Å²) in [6.45, 7) is 3.05. The van der Waals surface area contributed by atoms with Gasteiger partial charge in [-0.25, -0.2) is 13.6 Å². The van der Waals surface area contributed by atoms with E-state index in [1.54, 1.807) is 0 Å². The Labute approximate surface area is 114 Å². The molecule has 1 saturated heterocycles. The number of likely N-dealkylation sites (N-methyl/N-ethyl adjacent to an activating group) is 1. The Morgan fingerprint density at radius 2 is 2.05 bits per heavy atom. The van der Waals surface area contributed by atoms with Crippen molar-refractivity contribution in [1.82, 2.24) is 0 Å². The minimum absolute atomic E-state index is 0.166. The number of nitrogens with one attached hydrogen (secondary N) is 1. The van der Waals surface area contributed by atoms with Crippen LogP contribution in [0.4, 0.5) is 10.7 Å². The summed E-state index contributed by atoms with van der Waals surface area (Å²) in [5, 5.41) is 16.4. The molecular formula is C9H15N4O4S2+. The maximum absolute atomic E-state index is 11.3. The standard InChI is InChI=1S/C9H14N4O4S2/c1-11-2-4-12(5-3-11)9-7(13(14)15)6-8(18-9)19(10,16)17/h6H,2-5H2,1H3,(H2,10,16,17)/p+1. The van der Waals surface area contributed by atoms with Gasteiger partial charge in [0.2, 0.25) is 10.0 Å². The first-order chi connectivity index (χ1) is 8.79. The van der Waals surface area contributed by atoms with Crippen molar-refractivity contribution in [2.45, 2.75) is 4.21 Å². The molecule has 8 nitrogen and oxygen atoms in total. The second-order valence-corrected chi connectivity index (χ2v) is 7.32. The van der Waals surface area contributed by atoms with Gasteiger partial charge in [-0.3, -0.25) is 10.1 Å². The lowest BCUT2D eigenvalue weighted by atomic mass is 10.3. The Kier molecular flexibility index (Phi) is 3.76. The molecule has 0 aromatic carbocycles. The molecule has 0 atom stereocenters. The predicted octanol–water partition coefficient (Wildman–Crippen LogP) is -1.36. The van der Waals surface area contributed by atoms with Crippen LogP contribution in [0, 0.1) is 10.1 Å². The van der Waals surface area contributed by atoms with Crippen molar-refractivity contribution in [1.29, 1.82) is 0 Å². The Morgan fingerprint density at radius 1 is 1.47 bits per heavy atom. The van der Waals surface area contributed by atoms with Gasteiger partial charge in [0.05, 0.1) is 38.2 Å². The van der Waals surface area contributed by atoms with Crippen molar-refractivity contribution >= 4 is 32.0 Å². The van der Waals surface area contributed by atoms with Crippen LogP contribution in [0.2, 0.25) is 0 Å². The largest absolute Gasteiger partial charge is 0.346 e. The second kappa shape index (κ2) is 5.04. The van der Waals surface area contributed by atoms with E-state index in [2.05, 4.69) is 7.05 Å². The third kappa shape index (κ3) is 3.03. The molecule has 1 aromatic heterocycles. The van der Waals surface area contributed by atoms with Crippen LogP contribution in [0.25, 0.3) is 0 Å². The molecule has 3 N–H and O–H groups in total. The summed E-state index contributed by atoms with van der Waals surface area (Å²) < 4.78 is 22.4. The zero-order chi connectivity index (χ0) is 14.2. The number of piperazine rings is 1. The lowest BCUT2D eigenvalue weighted by Crippen LogP contribution is -3.12. The summed E-state index contributed by atoms with van der Waals surface area (Å²) in [4.78, 5) is 13.7. The van der Waals surface area contributed by atoms with Crippen molar-refractivity contribution in [3.63, 3.8) is 0 Å². The quantitative estimate of drug-likeness (QED) is 0.529. The molecule has 0 aliphatic carbocycles. The van der Waals surface area contributed by atoms with E-state index in [0.717, 1.165) is 30.5 Å². The average molecular weight is 307 g/mol. The van der Waals surface area contributed by atoms with Gasteiger partial charge >= 0.3 is 5.69 Å². The van der Waals surface area contributed by atoms with E-state index in [0.29, 0.717) is 18.1 Å². The third-order valence-corrected chi connectivity index (χ3v) is 5.66. The van der Waals surface area contributed by atoms with Crippen LogP contribution in [-0.4, -0.2) is 46.6 Å². The van der Waals surface area contributed by atoms with Gasteiger partial charge in [-0.1, -0.05) is 11.3 Å². The maximum atomic E-state index is 11.3. The van der Waals surface area contributed by atoms with Gasteiger partial charge < -0.3 is 9.80 Å². The molecule has 1 fully saturated rings. The first-order valence-corrected chi connectivity index (χ1v) is 8.02. The highest BCUT2D eigenvalue weighted by atomic mass is 32.2. The van der Waals surface area contributed by atoms with Crippen LogP contribution in [0.3, 0.4) is 0 Å². The highest BCUT2D eigenvalue weighted by Crippen LogP contribution is 2.39. The zero-order valence-electron chi connectivity index (χ0n) is 10.3. The predicted molar refractivity (Wildman–Crippen MR) is 71.2 cm³/mol. The Morgan fingerprint density at radius 3 is 2.53 bits per heavy atom. The lowest BCUT2D eigenvalue weighted by molar-refractivity contribution is -0.880. The number of hydrogen-bond acceptors (Lipinski definition) is 6. The number of anilines is 1. The number of nitro groups is 1. The molecule has 1 aliphatic heterocycles. The molecule has 0 amide bonds. The van der Waals surface area contributed by atoms with Crippen LogP contribution in [0.5, 0.6) is 0 Å². The van der Waals surface area contributed by atoms with Gasteiger partial charge in [-0.15, -0.1) is 0 Å². The van der Waals surface area contributed by atoms with Gasteiger partial charge in [-0.2, -0.15) is 0 Å². The van der Waals surface area contributed by atoms with E-state index in [1.165, 1.54) is 4.90 Å². The van der Waals surface area contributed by atoms with Crippen molar-refractivity contribution in [3.8, 4) is 0 Å². The molecule has 2 heterocycles. The average Bonchev–Trinajstić information content (AvgIpc) is 2.74. The minimum Gasteiger partial charge on any atom is -0.346 e. The van der Waals surface area contributed by atoms with E-state index < -0.39 is 14.9 Å². The maximum Gasteiger partial charge on any atom is 0.305 e. The smallest absolute Gasteiger partial charge is 0.305 e. The van der Waals surface area contributed by atoms with Crippen LogP contribution < -0.4 is 14.9 Å². The summed E-state index contributed by atoms with van der Waals surface area (Å²) in [6, 6.07) is 1.04. The molecule has 19 heavy (non-hydrogen) atoms. The van der Waals surface area contributed by atoms with E-state index >= 15 is 0 Å². The van der Waals surface area contributed by atoms with Crippen molar-refractivity contribution in [3.05, 3.63) is 16.2 Å². The van der Waals surface area contributed by atoms with Crippen molar-refractivity contribution in [2.75, 3.05) is 38.1 Å². The summed E-state index contributed by atoms with van der Waals surface area (Å²) in [5.74, 6) is 0. The van der Waals surface area contributed by atoms with Gasteiger partial charge in [0.15, 0.2) is 5.00 Å². The van der Waals surface area contributed by atoms with Crippen LogP contribution in [0.1, 0.15) is 0 Å². The zero-order valence-corrected chi connectivity index (χ0v) is 12.0. The molecule has 0 unspecified atom stereocenters. The van der Waals surface area contributed by atoms with Crippen LogP contribution in [-0.2, 0) is 10.0 Å². The Bertz CT molecular complexity index is 589. The Balaban J connectivity index is 2.38. The summed E-state index contributed by atoms with van der Waals surface area (Å²) in [5.41, 5.74) is -0.187. The summed E-state index contributed by atoms with van der Waals surface area (Å²) in [7, 11) is -1.85. The fraction of sp³-hybridized carbons (Fsp3) is 0.556. The Hall–Kier alpha value is -1.23. The number of hydrogen-bond donors (Lipinski definition) is 2. The van der Waals surface area contributed by atoms with Crippen molar-refractivity contribution in [2.24, 2.45) is 5.14 Å².